The van der Waals surface area contributed by atoms with Gasteiger partial charge in [0, 0.05) is 31.8 Å². The van der Waals surface area contributed by atoms with Crippen LogP contribution in [0, 0.1) is 11.8 Å². The largest absolute Gasteiger partial charge is 0.342 e. The van der Waals surface area contributed by atoms with Crippen LogP contribution in [0.25, 0.3) is 0 Å². The maximum Gasteiger partial charge on any atom is 0.226 e. The third-order valence-electron chi connectivity index (χ3n) is 4.98. The molecule has 0 N–H and O–H groups in total. The van der Waals surface area contributed by atoms with Gasteiger partial charge in [0.05, 0.1) is 0 Å². The third-order valence-corrected chi connectivity index (χ3v) is 4.98. The molecular formula is C17H27N3O2. The highest BCUT2D eigenvalue weighted by atomic mass is 16.5. The second-order valence-electron chi connectivity index (χ2n) is 7.09. The van der Waals surface area contributed by atoms with E-state index >= 15 is 0 Å². The smallest absolute Gasteiger partial charge is 0.226 e. The minimum atomic E-state index is 0.309. The van der Waals surface area contributed by atoms with Crippen LogP contribution >= 0.6 is 0 Å². The number of nitrogens with zero attached hydrogens (tertiary/aromatic N) is 3. The lowest BCUT2D eigenvalue weighted by Crippen LogP contribution is -2.41. The fourth-order valence-corrected chi connectivity index (χ4v) is 3.13. The number of carbonyl (C=O) groups is 1. The number of carbonyl (C=O) groups excluding carboxylic acids is 1. The van der Waals surface area contributed by atoms with Crippen LogP contribution in [-0.2, 0) is 11.2 Å². The lowest BCUT2D eigenvalue weighted by atomic mass is 9.94. The van der Waals surface area contributed by atoms with E-state index in [-0.39, 0.29) is 0 Å². The normalized spacial score (nSPS) is 23.5. The van der Waals surface area contributed by atoms with E-state index in [1.807, 2.05) is 4.90 Å². The monoisotopic (exact) mass is 305 g/mol. The summed E-state index contributed by atoms with van der Waals surface area (Å²) < 4.78 is 5.38. The predicted molar refractivity (Wildman–Crippen MR) is 83.4 cm³/mol. The van der Waals surface area contributed by atoms with Crippen molar-refractivity contribution >= 4 is 5.91 Å². The lowest BCUT2D eigenvalue weighted by Gasteiger charge is -2.32. The van der Waals surface area contributed by atoms with Crippen molar-refractivity contribution in [1.82, 2.24) is 15.0 Å². The van der Waals surface area contributed by atoms with Crippen molar-refractivity contribution in [3.63, 3.8) is 0 Å². The third kappa shape index (κ3) is 3.87. The molecule has 122 valence electrons. The zero-order valence-corrected chi connectivity index (χ0v) is 13.8. The Bertz CT molecular complexity index is 510. The summed E-state index contributed by atoms with van der Waals surface area (Å²) in [5.41, 5.74) is 0. The van der Waals surface area contributed by atoms with E-state index in [1.165, 1.54) is 12.8 Å². The van der Waals surface area contributed by atoms with Crippen molar-refractivity contribution < 1.29 is 9.32 Å². The van der Waals surface area contributed by atoms with Gasteiger partial charge in [-0.15, -0.1) is 0 Å². The lowest BCUT2D eigenvalue weighted by molar-refractivity contribution is -0.134. The van der Waals surface area contributed by atoms with E-state index in [9.17, 15) is 4.79 Å². The Morgan fingerprint density at radius 1 is 1.41 bits per heavy atom. The molecule has 2 atom stereocenters. The van der Waals surface area contributed by atoms with Gasteiger partial charge in [0.25, 0.3) is 0 Å². The molecule has 1 aromatic rings. The maximum atomic E-state index is 12.3. The molecule has 1 saturated heterocycles. The molecule has 1 aliphatic heterocycles. The molecule has 22 heavy (non-hydrogen) atoms. The summed E-state index contributed by atoms with van der Waals surface area (Å²) in [5, 5.41) is 4.08. The highest BCUT2D eigenvalue weighted by Gasteiger charge is 2.30. The molecule has 3 rings (SSSR count). The van der Waals surface area contributed by atoms with Crippen LogP contribution in [-0.4, -0.2) is 34.0 Å². The van der Waals surface area contributed by atoms with Gasteiger partial charge in [-0.2, -0.15) is 4.98 Å². The minimum absolute atomic E-state index is 0.309. The Labute approximate surface area is 132 Å². The molecule has 5 nitrogen and oxygen atoms in total. The SMILES string of the molecule is CCC(C)CC(=O)N1CCCC(Cc2nc(C3CC3)no2)C1. The molecule has 0 bridgehead atoms. The molecule has 1 aliphatic carbocycles. The van der Waals surface area contributed by atoms with Crippen molar-refractivity contribution in [2.24, 2.45) is 11.8 Å². The van der Waals surface area contributed by atoms with Gasteiger partial charge in [-0.3, -0.25) is 4.79 Å². The highest BCUT2D eigenvalue weighted by molar-refractivity contribution is 5.76. The van der Waals surface area contributed by atoms with Crippen LogP contribution in [0.15, 0.2) is 4.52 Å². The van der Waals surface area contributed by atoms with Crippen LogP contribution in [0.5, 0.6) is 0 Å². The van der Waals surface area contributed by atoms with Gasteiger partial charge < -0.3 is 9.42 Å². The minimum Gasteiger partial charge on any atom is -0.342 e. The van der Waals surface area contributed by atoms with Crippen molar-refractivity contribution in [3.05, 3.63) is 11.7 Å². The first kappa shape index (κ1) is 15.5. The topological polar surface area (TPSA) is 59.2 Å². The van der Waals surface area contributed by atoms with E-state index in [2.05, 4.69) is 24.0 Å². The first-order valence-electron chi connectivity index (χ1n) is 8.76. The molecule has 1 saturated carbocycles. The van der Waals surface area contributed by atoms with Crippen LogP contribution in [0.4, 0.5) is 0 Å². The van der Waals surface area contributed by atoms with Gasteiger partial charge in [-0.25, -0.2) is 0 Å². The second kappa shape index (κ2) is 6.80. The highest BCUT2D eigenvalue weighted by Crippen LogP contribution is 2.38. The first-order valence-corrected chi connectivity index (χ1v) is 8.76. The number of likely N-dealkylation sites (tertiary alicyclic amines) is 1. The van der Waals surface area contributed by atoms with E-state index < -0.39 is 0 Å². The molecule has 0 spiro atoms. The van der Waals surface area contributed by atoms with E-state index in [1.54, 1.807) is 0 Å². The fourth-order valence-electron chi connectivity index (χ4n) is 3.13. The Morgan fingerprint density at radius 3 is 2.95 bits per heavy atom. The van der Waals surface area contributed by atoms with E-state index in [0.29, 0.717) is 30.1 Å². The zero-order chi connectivity index (χ0) is 15.5. The summed E-state index contributed by atoms with van der Waals surface area (Å²) in [4.78, 5) is 18.9. The van der Waals surface area contributed by atoms with Crippen molar-refractivity contribution in [2.45, 2.75) is 64.7 Å². The van der Waals surface area contributed by atoms with E-state index in [0.717, 1.165) is 50.5 Å². The number of rotatable bonds is 6. The number of hydrogen-bond acceptors (Lipinski definition) is 4. The number of hydrogen-bond donors (Lipinski definition) is 0. The molecule has 0 radical (unpaired) electrons. The van der Waals surface area contributed by atoms with Gasteiger partial charge in [-0.1, -0.05) is 25.4 Å². The Kier molecular flexibility index (Phi) is 4.79. The van der Waals surface area contributed by atoms with Crippen LogP contribution in [0.2, 0.25) is 0 Å². The Morgan fingerprint density at radius 2 is 2.23 bits per heavy atom. The molecule has 1 amide bonds. The van der Waals surface area contributed by atoms with Crippen LogP contribution in [0.1, 0.15) is 70.0 Å². The second-order valence-corrected chi connectivity index (χ2v) is 7.09. The number of amides is 1. The molecule has 2 aliphatic rings. The number of aromatic nitrogens is 2. The molecule has 0 aromatic carbocycles. The Hall–Kier alpha value is -1.39. The average molecular weight is 305 g/mol. The quantitative estimate of drug-likeness (QED) is 0.810. The maximum absolute atomic E-state index is 12.3. The standard InChI is InChI=1S/C17H27N3O2/c1-3-12(2)9-16(21)20-8-4-5-13(11-20)10-15-18-17(19-22-15)14-6-7-14/h12-14H,3-11H2,1-2H3. The summed E-state index contributed by atoms with van der Waals surface area (Å²) in [5.74, 6) is 3.42. The molecule has 2 fully saturated rings. The molecule has 2 unspecified atom stereocenters. The van der Waals surface area contributed by atoms with Gasteiger partial charge in [0.1, 0.15) is 0 Å². The first-order chi connectivity index (χ1) is 10.7. The summed E-state index contributed by atoms with van der Waals surface area (Å²) >= 11 is 0. The van der Waals surface area contributed by atoms with Gasteiger partial charge in [0.15, 0.2) is 5.82 Å². The zero-order valence-electron chi connectivity index (χ0n) is 13.8. The number of piperidine rings is 1. The summed E-state index contributed by atoms with van der Waals surface area (Å²) in [6.07, 6.45) is 7.17. The molecular weight excluding hydrogens is 278 g/mol. The molecule has 2 heterocycles. The van der Waals surface area contributed by atoms with Crippen molar-refractivity contribution in [1.29, 1.82) is 0 Å². The molecule has 5 heteroatoms. The van der Waals surface area contributed by atoms with Gasteiger partial charge >= 0.3 is 0 Å². The fraction of sp³-hybridized carbons (Fsp3) is 0.824. The summed E-state index contributed by atoms with van der Waals surface area (Å²) in [6, 6.07) is 0. The summed E-state index contributed by atoms with van der Waals surface area (Å²) in [7, 11) is 0. The van der Waals surface area contributed by atoms with Crippen molar-refractivity contribution in [3.8, 4) is 0 Å². The van der Waals surface area contributed by atoms with Crippen LogP contribution in [0.3, 0.4) is 0 Å². The average Bonchev–Trinajstić information content (AvgIpc) is 3.28. The van der Waals surface area contributed by atoms with Crippen LogP contribution < -0.4 is 0 Å². The Balaban J connectivity index is 1.52. The van der Waals surface area contributed by atoms with E-state index in [4.69, 9.17) is 4.52 Å². The summed E-state index contributed by atoms with van der Waals surface area (Å²) in [6.45, 7) is 6.04. The molecule has 1 aromatic heterocycles. The van der Waals surface area contributed by atoms with Crippen molar-refractivity contribution in [2.75, 3.05) is 13.1 Å². The van der Waals surface area contributed by atoms with Gasteiger partial charge in [0.2, 0.25) is 11.8 Å². The van der Waals surface area contributed by atoms with Gasteiger partial charge in [-0.05, 0) is 37.5 Å². The predicted octanol–water partition coefficient (Wildman–Crippen LogP) is 3.16.